The standard InChI is InChI=1S/C20H21N3O3/c1-13(2)10-11-21-18(24)14-8-9-16-17(12-14)22-20(26)23(19(16)25)15-6-4-3-5-7-15/h3-9,12-13H,10-11H2,1-2H3,(H,21,24)(H,22,26). The summed E-state index contributed by atoms with van der Waals surface area (Å²) in [5.41, 5.74) is 0.307. The lowest BCUT2D eigenvalue weighted by molar-refractivity contribution is 0.0952. The third-order valence-electron chi connectivity index (χ3n) is 4.18. The molecule has 0 spiro atoms. The number of carbonyl (C=O) groups excluding carboxylic acids is 1. The van der Waals surface area contributed by atoms with E-state index in [4.69, 9.17) is 0 Å². The highest BCUT2D eigenvalue weighted by atomic mass is 16.2. The van der Waals surface area contributed by atoms with Crippen LogP contribution in [-0.4, -0.2) is 22.0 Å². The van der Waals surface area contributed by atoms with Crippen LogP contribution in [0, 0.1) is 5.92 Å². The van der Waals surface area contributed by atoms with E-state index in [1.165, 1.54) is 6.07 Å². The number of benzene rings is 2. The molecule has 6 nitrogen and oxygen atoms in total. The minimum Gasteiger partial charge on any atom is -0.352 e. The van der Waals surface area contributed by atoms with Crippen LogP contribution in [0.5, 0.6) is 0 Å². The van der Waals surface area contributed by atoms with Crippen LogP contribution in [0.1, 0.15) is 30.6 Å². The van der Waals surface area contributed by atoms with E-state index < -0.39 is 11.2 Å². The molecule has 6 heteroatoms. The number of aromatic amines is 1. The quantitative estimate of drug-likeness (QED) is 0.740. The molecule has 0 bridgehead atoms. The van der Waals surface area contributed by atoms with E-state index in [0.717, 1.165) is 11.0 Å². The lowest BCUT2D eigenvalue weighted by Crippen LogP contribution is -2.33. The fourth-order valence-corrected chi connectivity index (χ4v) is 2.75. The van der Waals surface area contributed by atoms with Crippen LogP contribution in [0.15, 0.2) is 58.1 Å². The van der Waals surface area contributed by atoms with Crippen LogP contribution < -0.4 is 16.6 Å². The van der Waals surface area contributed by atoms with Gasteiger partial charge in [0.15, 0.2) is 0 Å². The van der Waals surface area contributed by atoms with Crippen molar-refractivity contribution >= 4 is 16.8 Å². The summed E-state index contributed by atoms with van der Waals surface area (Å²) in [5.74, 6) is 0.278. The van der Waals surface area contributed by atoms with Gasteiger partial charge in [-0.25, -0.2) is 9.36 Å². The minimum absolute atomic E-state index is 0.222. The molecule has 0 atom stereocenters. The summed E-state index contributed by atoms with van der Waals surface area (Å²) in [6, 6.07) is 13.4. The number of hydrogen-bond donors (Lipinski definition) is 2. The number of aromatic nitrogens is 2. The van der Waals surface area contributed by atoms with Crippen molar-refractivity contribution in [2.24, 2.45) is 5.92 Å². The van der Waals surface area contributed by atoms with Crippen LogP contribution in [-0.2, 0) is 0 Å². The van der Waals surface area contributed by atoms with E-state index in [0.29, 0.717) is 34.6 Å². The van der Waals surface area contributed by atoms with Crippen molar-refractivity contribution in [1.29, 1.82) is 0 Å². The van der Waals surface area contributed by atoms with Gasteiger partial charge in [-0.1, -0.05) is 32.0 Å². The molecule has 0 saturated carbocycles. The molecule has 2 aromatic carbocycles. The van der Waals surface area contributed by atoms with Crippen LogP contribution >= 0.6 is 0 Å². The maximum atomic E-state index is 12.7. The van der Waals surface area contributed by atoms with Gasteiger partial charge in [-0.15, -0.1) is 0 Å². The van der Waals surface area contributed by atoms with Gasteiger partial charge in [0, 0.05) is 12.1 Å². The largest absolute Gasteiger partial charge is 0.352 e. The summed E-state index contributed by atoms with van der Waals surface area (Å²) in [5, 5.41) is 3.20. The Morgan fingerprint density at radius 3 is 2.54 bits per heavy atom. The first kappa shape index (κ1) is 17.7. The van der Waals surface area contributed by atoms with Crippen molar-refractivity contribution < 1.29 is 4.79 Å². The number of carbonyl (C=O) groups is 1. The van der Waals surface area contributed by atoms with Crippen LogP contribution in [0.3, 0.4) is 0 Å². The van der Waals surface area contributed by atoms with Crippen molar-refractivity contribution in [3.8, 4) is 5.69 Å². The van der Waals surface area contributed by atoms with E-state index in [9.17, 15) is 14.4 Å². The molecule has 134 valence electrons. The first-order chi connectivity index (χ1) is 12.5. The second-order valence-electron chi connectivity index (χ2n) is 6.61. The summed E-state index contributed by atoms with van der Waals surface area (Å²) < 4.78 is 1.09. The molecule has 0 aliphatic carbocycles. The number of fused-ring (bicyclic) bond motifs is 1. The molecule has 0 saturated heterocycles. The van der Waals surface area contributed by atoms with E-state index in [2.05, 4.69) is 24.1 Å². The van der Waals surface area contributed by atoms with Gasteiger partial charge in [0.2, 0.25) is 0 Å². The smallest absolute Gasteiger partial charge is 0.333 e. The maximum absolute atomic E-state index is 12.7. The zero-order chi connectivity index (χ0) is 18.7. The monoisotopic (exact) mass is 351 g/mol. The fourth-order valence-electron chi connectivity index (χ4n) is 2.75. The summed E-state index contributed by atoms with van der Waals surface area (Å²) in [4.78, 5) is 40.0. The number of nitrogens with zero attached hydrogens (tertiary/aromatic N) is 1. The van der Waals surface area contributed by atoms with Crippen LogP contribution in [0.25, 0.3) is 16.6 Å². The number of rotatable bonds is 5. The summed E-state index contributed by atoms with van der Waals surface area (Å²) >= 11 is 0. The fraction of sp³-hybridized carbons (Fsp3) is 0.250. The highest BCUT2D eigenvalue weighted by Crippen LogP contribution is 2.11. The molecule has 1 heterocycles. The lowest BCUT2D eigenvalue weighted by Gasteiger charge is -2.09. The first-order valence-electron chi connectivity index (χ1n) is 8.60. The van der Waals surface area contributed by atoms with Gasteiger partial charge in [-0.2, -0.15) is 0 Å². The summed E-state index contributed by atoms with van der Waals surface area (Å²) in [6.07, 6.45) is 0.887. The van der Waals surface area contributed by atoms with Gasteiger partial charge < -0.3 is 10.3 Å². The second kappa shape index (κ2) is 7.39. The average molecular weight is 351 g/mol. The Bertz CT molecular complexity index is 1050. The van der Waals surface area contributed by atoms with Gasteiger partial charge in [-0.3, -0.25) is 9.59 Å². The molecule has 0 radical (unpaired) electrons. The van der Waals surface area contributed by atoms with E-state index in [1.807, 2.05) is 6.07 Å². The molecule has 0 unspecified atom stereocenters. The van der Waals surface area contributed by atoms with Crippen LogP contribution in [0.4, 0.5) is 0 Å². The lowest BCUT2D eigenvalue weighted by atomic mass is 10.1. The van der Waals surface area contributed by atoms with Crippen LogP contribution in [0.2, 0.25) is 0 Å². The molecular formula is C20H21N3O3. The first-order valence-corrected chi connectivity index (χ1v) is 8.60. The van der Waals surface area contributed by atoms with Gasteiger partial charge >= 0.3 is 5.69 Å². The number of nitrogens with one attached hydrogen (secondary N) is 2. The van der Waals surface area contributed by atoms with E-state index in [1.54, 1.807) is 36.4 Å². The highest BCUT2D eigenvalue weighted by Gasteiger charge is 2.12. The normalized spacial score (nSPS) is 11.0. The molecular weight excluding hydrogens is 330 g/mol. The Hall–Kier alpha value is -3.15. The predicted octanol–water partition coefficient (Wildman–Crippen LogP) is 2.45. The molecule has 0 aliphatic rings. The van der Waals surface area contributed by atoms with Crippen molar-refractivity contribution in [3.05, 3.63) is 74.9 Å². The van der Waals surface area contributed by atoms with Crippen molar-refractivity contribution in [2.45, 2.75) is 20.3 Å². The molecule has 0 fully saturated rings. The van der Waals surface area contributed by atoms with E-state index in [-0.39, 0.29) is 5.91 Å². The molecule has 3 rings (SSSR count). The number of para-hydroxylation sites is 1. The summed E-state index contributed by atoms with van der Waals surface area (Å²) in [6.45, 7) is 4.76. The van der Waals surface area contributed by atoms with Gasteiger partial charge in [0.25, 0.3) is 11.5 Å². The van der Waals surface area contributed by atoms with Gasteiger partial charge in [0.05, 0.1) is 16.6 Å². The Balaban J connectivity index is 1.98. The third-order valence-corrected chi connectivity index (χ3v) is 4.18. The zero-order valence-corrected chi connectivity index (χ0v) is 14.8. The minimum atomic E-state index is -0.536. The Morgan fingerprint density at radius 2 is 1.85 bits per heavy atom. The average Bonchev–Trinajstić information content (AvgIpc) is 2.61. The summed E-state index contributed by atoms with van der Waals surface area (Å²) in [7, 11) is 0. The maximum Gasteiger partial charge on any atom is 0.333 e. The Kier molecular flexibility index (Phi) is 5.02. The SMILES string of the molecule is CC(C)CCNC(=O)c1ccc2c(=O)n(-c3ccccc3)c(=O)[nH]c2c1. The number of H-pyrrole nitrogens is 1. The number of amides is 1. The topological polar surface area (TPSA) is 84.0 Å². The molecule has 3 aromatic rings. The number of hydrogen-bond acceptors (Lipinski definition) is 3. The van der Waals surface area contributed by atoms with Crippen molar-refractivity contribution in [3.63, 3.8) is 0 Å². The highest BCUT2D eigenvalue weighted by molar-refractivity contribution is 5.97. The third kappa shape index (κ3) is 3.59. The van der Waals surface area contributed by atoms with E-state index >= 15 is 0 Å². The Morgan fingerprint density at radius 1 is 1.12 bits per heavy atom. The van der Waals surface area contributed by atoms with Crippen molar-refractivity contribution in [1.82, 2.24) is 14.9 Å². The molecule has 2 N–H and O–H groups in total. The van der Waals surface area contributed by atoms with Gasteiger partial charge in [-0.05, 0) is 42.7 Å². The zero-order valence-electron chi connectivity index (χ0n) is 14.8. The predicted molar refractivity (Wildman–Crippen MR) is 102 cm³/mol. The van der Waals surface area contributed by atoms with Crippen molar-refractivity contribution in [2.75, 3.05) is 6.54 Å². The molecule has 1 aromatic heterocycles. The molecule has 1 amide bonds. The van der Waals surface area contributed by atoms with Gasteiger partial charge in [0.1, 0.15) is 0 Å². The Labute approximate surface area is 150 Å². The molecule has 0 aliphatic heterocycles. The molecule has 26 heavy (non-hydrogen) atoms. The second-order valence-corrected chi connectivity index (χ2v) is 6.61.